The summed E-state index contributed by atoms with van der Waals surface area (Å²) in [5.41, 5.74) is 0.129. The van der Waals surface area contributed by atoms with Gasteiger partial charge in [-0.05, 0) is 37.5 Å². The maximum Gasteiger partial charge on any atom is 0.168 e. The second-order valence-corrected chi connectivity index (χ2v) is 5.60. The van der Waals surface area contributed by atoms with Crippen molar-refractivity contribution < 1.29 is 19.3 Å². The molecule has 1 saturated carbocycles. The van der Waals surface area contributed by atoms with Crippen LogP contribution in [0.15, 0.2) is 24.3 Å². The van der Waals surface area contributed by atoms with Gasteiger partial charge in [0.1, 0.15) is 5.75 Å². The van der Waals surface area contributed by atoms with Gasteiger partial charge >= 0.3 is 0 Å². The van der Waals surface area contributed by atoms with E-state index in [-0.39, 0.29) is 0 Å². The summed E-state index contributed by atoms with van der Waals surface area (Å²) in [5, 5.41) is 10.9. The number of rotatable bonds is 3. The molecule has 1 saturated heterocycles. The molecule has 110 valence electrons. The van der Waals surface area contributed by atoms with Crippen LogP contribution in [-0.4, -0.2) is 30.7 Å². The van der Waals surface area contributed by atoms with Crippen LogP contribution in [0.3, 0.4) is 0 Å². The van der Waals surface area contributed by atoms with Gasteiger partial charge in [0.25, 0.3) is 0 Å². The van der Waals surface area contributed by atoms with Crippen molar-refractivity contribution in [2.75, 3.05) is 19.8 Å². The van der Waals surface area contributed by atoms with Crippen LogP contribution >= 0.6 is 0 Å². The van der Waals surface area contributed by atoms with Crippen molar-refractivity contribution in [3.63, 3.8) is 0 Å². The van der Waals surface area contributed by atoms with E-state index in [9.17, 15) is 5.11 Å². The molecule has 1 spiro atoms. The summed E-state index contributed by atoms with van der Waals surface area (Å²) < 4.78 is 16.9. The zero-order valence-corrected chi connectivity index (χ0v) is 11.9. The molecule has 1 aromatic rings. The molecule has 2 aliphatic rings. The molecule has 4 heteroatoms. The topological polar surface area (TPSA) is 47.9 Å². The molecule has 0 unspecified atom stereocenters. The van der Waals surface area contributed by atoms with Crippen LogP contribution in [0, 0.1) is 0 Å². The fourth-order valence-corrected chi connectivity index (χ4v) is 3.16. The Morgan fingerprint density at radius 1 is 1.15 bits per heavy atom. The average Bonchev–Trinajstić information content (AvgIpc) is 2.92. The van der Waals surface area contributed by atoms with E-state index in [2.05, 4.69) is 0 Å². The fourth-order valence-electron chi connectivity index (χ4n) is 3.16. The highest BCUT2D eigenvalue weighted by Crippen LogP contribution is 2.45. The highest BCUT2D eigenvalue weighted by molar-refractivity contribution is 5.32. The molecule has 0 radical (unpaired) electrons. The van der Waals surface area contributed by atoms with Crippen LogP contribution < -0.4 is 4.74 Å². The van der Waals surface area contributed by atoms with Crippen LogP contribution in [0.5, 0.6) is 5.75 Å². The molecule has 0 atom stereocenters. The Bertz CT molecular complexity index is 455. The van der Waals surface area contributed by atoms with Gasteiger partial charge in [-0.25, -0.2) is 0 Å². The lowest BCUT2D eigenvalue weighted by Crippen LogP contribution is -2.42. The van der Waals surface area contributed by atoms with Gasteiger partial charge in [0, 0.05) is 12.8 Å². The van der Waals surface area contributed by atoms with E-state index in [0.29, 0.717) is 32.7 Å². The number of aliphatic hydroxyl groups is 1. The zero-order chi connectivity index (χ0) is 14.1. The van der Waals surface area contributed by atoms with Crippen LogP contribution in [-0.2, 0) is 15.1 Å². The number of hydrogen-bond acceptors (Lipinski definition) is 4. The fraction of sp³-hybridized carbons (Fsp3) is 0.625. The summed E-state index contributed by atoms with van der Waals surface area (Å²) in [5.74, 6) is 0.371. The first-order chi connectivity index (χ1) is 9.66. The Hall–Kier alpha value is -1.10. The zero-order valence-electron chi connectivity index (χ0n) is 11.9. The molecule has 1 N–H and O–H groups in total. The molecule has 1 heterocycles. The Labute approximate surface area is 119 Å². The summed E-state index contributed by atoms with van der Waals surface area (Å²) >= 11 is 0. The van der Waals surface area contributed by atoms with E-state index in [1.165, 1.54) is 0 Å². The van der Waals surface area contributed by atoms with Crippen molar-refractivity contribution in [1.29, 1.82) is 0 Å². The summed E-state index contributed by atoms with van der Waals surface area (Å²) in [4.78, 5) is 0. The van der Waals surface area contributed by atoms with E-state index < -0.39 is 11.4 Å². The highest BCUT2D eigenvalue weighted by Gasteiger charge is 2.46. The first-order valence-corrected chi connectivity index (χ1v) is 7.39. The maximum absolute atomic E-state index is 10.9. The molecular formula is C16H22O4. The minimum Gasteiger partial charge on any atom is -0.494 e. The van der Waals surface area contributed by atoms with Crippen molar-refractivity contribution >= 4 is 0 Å². The van der Waals surface area contributed by atoms with Crippen LogP contribution in [0.1, 0.15) is 38.2 Å². The molecule has 4 nitrogen and oxygen atoms in total. The SMILES string of the molecule is CCOc1cccc(C2(O)CCC3(CC2)OCCO3)c1. The third kappa shape index (κ3) is 2.55. The quantitative estimate of drug-likeness (QED) is 0.923. The molecule has 2 fully saturated rings. The minimum absolute atomic E-state index is 0.441. The Balaban J connectivity index is 1.74. The minimum atomic E-state index is -0.798. The second-order valence-electron chi connectivity index (χ2n) is 5.60. The normalized spacial score (nSPS) is 23.9. The van der Waals surface area contributed by atoms with E-state index in [4.69, 9.17) is 14.2 Å². The van der Waals surface area contributed by atoms with Crippen LogP contribution in [0.25, 0.3) is 0 Å². The Morgan fingerprint density at radius 2 is 1.85 bits per heavy atom. The van der Waals surface area contributed by atoms with Crippen LogP contribution in [0.4, 0.5) is 0 Å². The van der Waals surface area contributed by atoms with Gasteiger partial charge in [0.15, 0.2) is 5.79 Å². The standard InChI is InChI=1S/C16H22O4/c1-2-18-14-5-3-4-13(12-14)15(17)6-8-16(9-7-15)19-10-11-20-16/h3-5,12,17H,2,6-11H2,1H3. The van der Waals surface area contributed by atoms with Gasteiger partial charge < -0.3 is 19.3 Å². The lowest BCUT2D eigenvalue weighted by atomic mass is 9.77. The number of hydrogen-bond donors (Lipinski definition) is 1. The van der Waals surface area contributed by atoms with Gasteiger partial charge in [-0.1, -0.05) is 12.1 Å². The highest BCUT2D eigenvalue weighted by atomic mass is 16.7. The molecule has 1 aromatic carbocycles. The van der Waals surface area contributed by atoms with Crippen LogP contribution in [0.2, 0.25) is 0 Å². The third-order valence-electron chi connectivity index (χ3n) is 4.33. The Morgan fingerprint density at radius 3 is 2.50 bits per heavy atom. The number of ether oxygens (including phenoxy) is 3. The van der Waals surface area contributed by atoms with Crippen molar-refractivity contribution in [2.45, 2.75) is 44.0 Å². The van der Waals surface area contributed by atoms with Gasteiger partial charge in [-0.2, -0.15) is 0 Å². The summed E-state index contributed by atoms with van der Waals surface area (Å²) in [7, 11) is 0. The smallest absolute Gasteiger partial charge is 0.168 e. The maximum atomic E-state index is 10.9. The Kier molecular flexibility index (Phi) is 3.71. The lowest BCUT2D eigenvalue weighted by Gasteiger charge is -2.40. The average molecular weight is 278 g/mol. The molecule has 0 amide bonds. The van der Waals surface area contributed by atoms with Crippen molar-refractivity contribution in [3.8, 4) is 5.75 Å². The lowest BCUT2D eigenvalue weighted by molar-refractivity contribution is -0.204. The van der Waals surface area contributed by atoms with E-state index in [1.807, 2.05) is 31.2 Å². The summed E-state index contributed by atoms with van der Waals surface area (Å²) in [6.07, 6.45) is 2.79. The molecule has 0 bridgehead atoms. The molecule has 1 aliphatic heterocycles. The monoisotopic (exact) mass is 278 g/mol. The summed E-state index contributed by atoms with van der Waals surface area (Å²) in [6, 6.07) is 7.77. The van der Waals surface area contributed by atoms with Crippen molar-refractivity contribution in [3.05, 3.63) is 29.8 Å². The first-order valence-electron chi connectivity index (χ1n) is 7.39. The largest absolute Gasteiger partial charge is 0.494 e. The second kappa shape index (κ2) is 5.35. The van der Waals surface area contributed by atoms with Crippen molar-refractivity contribution in [1.82, 2.24) is 0 Å². The number of benzene rings is 1. The molecule has 0 aromatic heterocycles. The van der Waals surface area contributed by atoms with Crippen molar-refractivity contribution in [2.24, 2.45) is 0 Å². The third-order valence-corrected chi connectivity index (χ3v) is 4.33. The predicted octanol–water partition coefficient (Wildman–Crippen LogP) is 2.59. The first kappa shape index (κ1) is 13.9. The van der Waals surface area contributed by atoms with E-state index >= 15 is 0 Å². The van der Waals surface area contributed by atoms with Gasteiger partial charge in [0.2, 0.25) is 0 Å². The van der Waals surface area contributed by atoms with Gasteiger partial charge in [-0.3, -0.25) is 0 Å². The van der Waals surface area contributed by atoms with Gasteiger partial charge in [0.05, 0.1) is 25.4 Å². The molecular weight excluding hydrogens is 256 g/mol. The van der Waals surface area contributed by atoms with Gasteiger partial charge in [-0.15, -0.1) is 0 Å². The summed E-state index contributed by atoms with van der Waals surface area (Å²) in [6.45, 7) is 3.92. The molecule has 20 heavy (non-hydrogen) atoms. The van der Waals surface area contributed by atoms with E-state index in [0.717, 1.165) is 24.2 Å². The molecule has 3 rings (SSSR count). The molecule has 1 aliphatic carbocycles. The van der Waals surface area contributed by atoms with E-state index in [1.54, 1.807) is 0 Å². The predicted molar refractivity (Wildman–Crippen MR) is 74.6 cm³/mol.